The molecule has 2 N–H and O–H groups in total. The van der Waals surface area contributed by atoms with E-state index in [-0.39, 0.29) is 13.0 Å². The Hall–Kier alpha value is -0.910. The van der Waals surface area contributed by atoms with E-state index >= 15 is 0 Å². The maximum Gasteiger partial charge on any atom is 0.407 e. The molecular weight excluding hydrogens is 172 g/mol. The van der Waals surface area contributed by atoms with E-state index in [1.807, 2.05) is 0 Å². The molecule has 4 nitrogen and oxygen atoms in total. The number of rotatable bonds is 0. The van der Waals surface area contributed by atoms with E-state index in [1.165, 1.54) is 0 Å². The van der Waals surface area contributed by atoms with Gasteiger partial charge < -0.3 is 15.1 Å². The van der Waals surface area contributed by atoms with Crippen molar-refractivity contribution < 1.29 is 23.8 Å². The van der Waals surface area contributed by atoms with Gasteiger partial charge in [-0.15, -0.1) is 0 Å². The normalized spacial score (nSPS) is 28.6. The fourth-order valence-electron chi connectivity index (χ4n) is 1.09. The smallest absolute Gasteiger partial charge is 0.407 e. The first-order valence-electron chi connectivity index (χ1n) is 3.47. The van der Waals surface area contributed by atoms with Crippen molar-refractivity contribution in [2.75, 3.05) is 13.1 Å². The van der Waals surface area contributed by atoms with Crippen LogP contribution >= 0.6 is 0 Å². The summed E-state index contributed by atoms with van der Waals surface area (Å²) in [4.78, 5) is 10.9. The van der Waals surface area contributed by atoms with Crippen LogP contribution in [0.15, 0.2) is 0 Å². The molecular formula is C6H9F2NO3. The highest BCUT2D eigenvalue weighted by atomic mass is 19.3. The van der Waals surface area contributed by atoms with Gasteiger partial charge in [0.05, 0.1) is 6.54 Å². The van der Waals surface area contributed by atoms with E-state index < -0.39 is 24.7 Å². The number of halogens is 2. The van der Waals surface area contributed by atoms with Gasteiger partial charge in [-0.2, -0.15) is 0 Å². The van der Waals surface area contributed by atoms with Crippen molar-refractivity contribution in [3.8, 4) is 0 Å². The van der Waals surface area contributed by atoms with Gasteiger partial charge in [-0.3, -0.25) is 0 Å². The molecule has 0 unspecified atom stereocenters. The standard InChI is InChI=1S/C6H9F2NO3/c7-6(8)3-9(5(11)12)2-1-4(6)10/h4,10H,1-3H2,(H,11,12)/t4-/m1/s1. The molecule has 0 radical (unpaired) electrons. The van der Waals surface area contributed by atoms with Gasteiger partial charge in [0.2, 0.25) is 0 Å². The molecule has 1 atom stereocenters. The van der Waals surface area contributed by atoms with Crippen molar-refractivity contribution in [3.63, 3.8) is 0 Å². The summed E-state index contributed by atoms with van der Waals surface area (Å²) < 4.78 is 25.3. The van der Waals surface area contributed by atoms with Gasteiger partial charge in [0, 0.05) is 6.54 Å². The molecule has 0 aromatic carbocycles. The molecule has 6 heteroatoms. The number of carboxylic acid groups (broad SMARTS) is 1. The molecule has 0 bridgehead atoms. The van der Waals surface area contributed by atoms with Crippen molar-refractivity contribution in [3.05, 3.63) is 0 Å². The van der Waals surface area contributed by atoms with E-state index in [0.717, 1.165) is 0 Å². The van der Waals surface area contributed by atoms with E-state index in [1.54, 1.807) is 0 Å². The number of nitrogens with zero attached hydrogens (tertiary/aromatic N) is 1. The number of aliphatic hydroxyl groups excluding tert-OH is 1. The van der Waals surface area contributed by atoms with E-state index in [2.05, 4.69) is 0 Å². The molecule has 1 heterocycles. The van der Waals surface area contributed by atoms with Gasteiger partial charge in [0.1, 0.15) is 6.10 Å². The van der Waals surface area contributed by atoms with E-state index in [0.29, 0.717) is 4.90 Å². The first kappa shape index (κ1) is 9.18. The zero-order chi connectivity index (χ0) is 9.35. The Kier molecular flexibility index (Phi) is 2.18. The number of aliphatic hydroxyl groups is 1. The van der Waals surface area contributed by atoms with Crippen molar-refractivity contribution >= 4 is 6.09 Å². The molecule has 1 amide bonds. The molecule has 1 aliphatic rings. The lowest BCUT2D eigenvalue weighted by molar-refractivity contribution is -0.143. The van der Waals surface area contributed by atoms with Gasteiger partial charge in [0.15, 0.2) is 0 Å². The lowest BCUT2D eigenvalue weighted by Crippen LogP contribution is -2.52. The molecule has 1 fully saturated rings. The molecule has 0 aromatic rings. The van der Waals surface area contributed by atoms with Crippen LogP contribution in [-0.4, -0.2) is 46.3 Å². The van der Waals surface area contributed by atoms with Crippen LogP contribution in [0.1, 0.15) is 6.42 Å². The van der Waals surface area contributed by atoms with Crippen molar-refractivity contribution in [2.45, 2.75) is 18.4 Å². The number of hydrogen-bond donors (Lipinski definition) is 2. The fraction of sp³-hybridized carbons (Fsp3) is 0.833. The maximum absolute atomic E-state index is 12.7. The van der Waals surface area contributed by atoms with Crippen LogP contribution in [-0.2, 0) is 0 Å². The Balaban J connectivity index is 2.63. The predicted octanol–water partition coefficient (Wildman–Crippen LogP) is 0.366. The second-order valence-electron chi connectivity index (χ2n) is 2.77. The second kappa shape index (κ2) is 2.85. The van der Waals surface area contributed by atoms with Gasteiger partial charge in [-0.05, 0) is 6.42 Å². The highest BCUT2D eigenvalue weighted by Crippen LogP contribution is 2.26. The highest BCUT2D eigenvalue weighted by molar-refractivity contribution is 5.65. The number of likely N-dealkylation sites (tertiary alicyclic amines) is 1. The molecule has 1 aliphatic heterocycles. The quantitative estimate of drug-likeness (QED) is 0.567. The molecule has 12 heavy (non-hydrogen) atoms. The lowest BCUT2D eigenvalue weighted by atomic mass is 10.0. The number of piperidine rings is 1. The predicted molar refractivity (Wildman–Crippen MR) is 35.2 cm³/mol. The van der Waals surface area contributed by atoms with Gasteiger partial charge in [0.25, 0.3) is 5.92 Å². The SMILES string of the molecule is O=C(O)N1CC[C@@H](O)C(F)(F)C1. The minimum atomic E-state index is -3.31. The Morgan fingerprint density at radius 2 is 2.17 bits per heavy atom. The van der Waals surface area contributed by atoms with Crippen LogP contribution < -0.4 is 0 Å². The zero-order valence-corrected chi connectivity index (χ0v) is 6.20. The minimum absolute atomic E-state index is 0.0356. The zero-order valence-electron chi connectivity index (χ0n) is 6.20. The third-order valence-corrected chi connectivity index (χ3v) is 1.83. The summed E-state index contributed by atoms with van der Waals surface area (Å²) in [5, 5.41) is 17.1. The summed E-state index contributed by atoms with van der Waals surface area (Å²) in [7, 11) is 0. The molecule has 70 valence electrons. The minimum Gasteiger partial charge on any atom is -0.465 e. The molecule has 0 saturated carbocycles. The molecule has 1 rings (SSSR count). The van der Waals surface area contributed by atoms with Gasteiger partial charge >= 0.3 is 6.09 Å². The molecule has 0 spiro atoms. The Morgan fingerprint density at radius 1 is 1.58 bits per heavy atom. The highest BCUT2D eigenvalue weighted by Gasteiger charge is 2.44. The Bertz CT molecular complexity index is 197. The monoisotopic (exact) mass is 181 g/mol. The fourth-order valence-corrected chi connectivity index (χ4v) is 1.09. The lowest BCUT2D eigenvalue weighted by Gasteiger charge is -2.33. The third kappa shape index (κ3) is 1.63. The Labute approximate surface area is 67.4 Å². The summed E-state index contributed by atoms with van der Waals surface area (Å²) in [5.74, 6) is -3.31. The van der Waals surface area contributed by atoms with E-state index in [9.17, 15) is 13.6 Å². The van der Waals surface area contributed by atoms with Crippen molar-refractivity contribution in [1.29, 1.82) is 0 Å². The number of hydrogen-bond acceptors (Lipinski definition) is 2. The average Bonchev–Trinajstić information content (AvgIpc) is 1.94. The first-order valence-corrected chi connectivity index (χ1v) is 3.47. The second-order valence-corrected chi connectivity index (χ2v) is 2.77. The van der Waals surface area contributed by atoms with Crippen LogP contribution in [0.3, 0.4) is 0 Å². The van der Waals surface area contributed by atoms with Crippen LogP contribution in [0.4, 0.5) is 13.6 Å². The Morgan fingerprint density at radius 3 is 2.58 bits per heavy atom. The largest absolute Gasteiger partial charge is 0.465 e. The number of alkyl halides is 2. The molecule has 0 aromatic heterocycles. The van der Waals surface area contributed by atoms with Crippen molar-refractivity contribution in [2.24, 2.45) is 0 Å². The topological polar surface area (TPSA) is 60.8 Å². The molecule has 0 aliphatic carbocycles. The van der Waals surface area contributed by atoms with Crippen LogP contribution in [0.2, 0.25) is 0 Å². The van der Waals surface area contributed by atoms with Gasteiger partial charge in [-0.1, -0.05) is 0 Å². The van der Waals surface area contributed by atoms with Crippen molar-refractivity contribution in [1.82, 2.24) is 4.90 Å². The summed E-state index contributed by atoms with van der Waals surface area (Å²) in [6, 6.07) is 0. The van der Waals surface area contributed by atoms with Crippen LogP contribution in [0.25, 0.3) is 0 Å². The first-order chi connectivity index (χ1) is 5.43. The van der Waals surface area contributed by atoms with Crippen LogP contribution in [0, 0.1) is 0 Å². The number of amides is 1. The van der Waals surface area contributed by atoms with Gasteiger partial charge in [-0.25, -0.2) is 13.6 Å². The summed E-state index contributed by atoms with van der Waals surface area (Å²) in [5.41, 5.74) is 0. The third-order valence-electron chi connectivity index (χ3n) is 1.83. The summed E-state index contributed by atoms with van der Waals surface area (Å²) in [6.07, 6.45) is -3.30. The average molecular weight is 181 g/mol. The summed E-state index contributed by atoms with van der Waals surface area (Å²) >= 11 is 0. The maximum atomic E-state index is 12.7. The summed E-state index contributed by atoms with van der Waals surface area (Å²) in [6.45, 7) is -0.949. The molecule has 1 saturated heterocycles. The van der Waals surface area contributed by atoms with Crippen LogP contribution in [0.5, 0.6) is 0 Å². The number of carbonyl (C=O) groups is 1. The van der Waals surface area contributed by atoms with E-state index in [4.69, 9.17) is 10.2 Å².